The maximum absolute atomic E-state index is 6.94. The summed E-state index contributed by atoms with van der Waals surface area (Å²) in [5.74, 6) is 0.668. The van der Waals surface area contributed by atoms with Crippen molar-refractivity contribution in [3.63, 3.8) is 0 Å². The second-order valence-corrected chi connectivity index (χ2v) is 19.6. The Labute approximate surface area is 413 Å². The number of hydrogen-bond donors (Lipinski definition) is 0. The van der Waals surface area contributed by atoms with E-state index >= 15 is 0 Å². The van der Waals surface area contributed by atoms with E-state index in [1.807, 2.05) is 12.1 Å². The summed E-state index contributed by atoms with van der Waals surface area (Å²) >= 11 is 0. The van der Waals surface area contributed by atoms with Gasteiger partial charge in [-0.1, -0.05) is 214 Å². The molecule has 71 heavy (non-hydrogen) atoms. The molecule has 0 saturated carbocycles. The van der Waals surface area contributed by atoms with E-state index in [0.29, 0.717) is 5.82 Å². The first-order valence-electron chi connectivity index (χ1n) is 24.6. The minimum atomic E-state index is -0.208. The summed E-state index contributed by atoms with van der Waals surface area (Å²) in [7, 11) is 0. The van der Waals surface area contributed by atoms with Crippen LogP contribution in [0.15, 0.2) is 241 Å². The van der Waals surface area contributed by atoms with Crippen LogP contribution < -0.4 is 0 Å². The van der Waals surface area contributed by atoms with Crippen LogP contribution in [0.2, 0.25) is 0 Å². The highest BCUT2D eigenvalue weighted by Crippen LogP contribution is 2.61. The molecule has 0 saturated heterocycles. The standard InChI is InChI=1S/C68H46N2O/c1-68(2)58-32-16-15-29-53(58)64-63-57(40-54(65(64)68)43-21-9-4-10-22-43)55-38-46(42-19-7-3-8-20-42)33-35-51(55)62(63)48-34-36-61-56(39-48)52-31-18-30-50(66(52)71-61)47-27-17-28-49(37-47)67-69-59(44-23-11-5-12-24-44)41-60(70-67)45-25-13-6-14-26-45/h3-41,62H,1-2H3. The quantitative estimate of drug-likeness (QED) is 0.160. The molecule has 2 heterocycles. The van der Waals surface area contributed by atoms with Crippen LogP contribution >= 0.6 is 0 Å². The summed E-state index contributed by atoms with van der Waals surface area (Å²) in [4.78, 5) is 10.3. The Balaban J connectivity index is 0.940. The number of fused-ring (bicyclic) bond motifs is 10. The van der Waals surface area contributed by atoms with Gasteiger partial charge >= 0.3 is 0 Å². The third-order valence-electron chi connectivity index (χ3n) is 15.1. The van der Waals surface area contributed by atoms with Crippen molar-refractivity contribution in [3.05, 3.63) is 264 Å². The van der Waals surface area contributed by atoms with Crippen LogP contribution in [-0.2, 0) is 5.41 Å². The van der Waals surface area contributed by atoms with Crippen molar-refractivity contribution in [2.45, 2.75) is 25.2 Å². The first-order valence-corrected chi connectivity index (χ1v) is 24.6. The van der Waals surface area contributed by atoms with Gasteiger partial charge < -0.3 is 4.42 Å². The first-order chi connectivity index (χ1) is 35.0. The molecule has 2 aliphatic carbocycles. The average molecular weight is 907 g/mol. The van der Waals surface area contributed by atoms with Crippen molar-refractivity contribution >= 4 is 21.9 Å². The van der Waals surface area contributed by atoms with Gasteiger partial charge in [0.1, 0.15) is 11.2 Å². The van der Waals surface area contributed by atoms with E-state index in [9.17, 15) is 0 Å². The van der Waals surface area contributed by atoms with Crippen LogP contribution in [0.25, 0.3) is 111 Å². The van der Waals surface area contributed by atoms with Gasteiger partial charge in [-0.2, -0.15) is 0 Å². The molecule has 14 rings (SSSR count). The van der Waals surface area contributed by atoms with Gasteiger partial charge in [-0.25, -0.2) is 9.97 Å². The molecule has 1 atom stereocenters. The van der Waals surface area contributed by atoms with Gasteiger partial charge in [-0.15, -0.1) is 0 Å². The largest absolute Gasteiger partial charge is 0.455 e. The van der Waals surface area contributed by atoms with Gasteiger partial charge in [0.25, 0.3) is 0 Å². The normalized spacial score (nSPS) is 14.0. The maximum atomic E-state index is 6.94. The number of rotatable bonds is 7. The highest BCUT2D eigenvalue weighted by atomic mass is 16.3. The highest BCUT2D eigenvalue weighted by molar-refractivity contribution is 6.10. The molecule has 10 aromatic carbocycles. The molecule has 0 amide bonds. The fourth-order valence-electron chi connectivity index (χ4n) is 11.9. The van der Waals surface area contributed by atoms with Gasteiger partial charge in [0, 0.05) is 44.4 Å². The summed E-state index contributed by atoms with van der Waals surface area (Å²) in [6, 6.07) is 85.4. The van der Waals surface area contributed by atoms with E-state index in [1.165, 1.54) is 72.3 Å². The Hall–Kier alpha value is -8.92. The van der Waals surface area contributed by atoms with E-state index in [2.05, 4.69) is 238 Å². The predicted octanol–water partition coefficient (Wildman–Crippen LogP) is 17.8. The molecule has 0 fully saturated rings. The summed E-state index contributed by atoms with van der Waals surface area (Å²) in [5, 5.41) is 2.20. The average Bonchev–Trinajstić information content (AvgIpc) is 4.06. The smallest absolute Gasteiger partial charge is 0.160 e. The molecular formula is C68H46N2O. The Kier molecular flexibility index (Phi) is 9.31. The lowest BCUT2D eigenvalue weighted by Gasteiger charge is -2.26. The molecule has 334 valence electrons. The Morgan fingerprint density at radius 2 is 1.00 bits per heavy atom. The van der Waals surface area contributed by atoms with Crippen LogP contribution in [0, 0.1) is 0 Å². The lowest BCUT2D eigenvalue weighted by Crippen LogP contribution is -2.16. The molecule has 0 bridgehead atoms. The second-order valence-electron chi connectivity index (χ2n) is 19.6. The van der Waals surface area contributed by atoms with Gasteiger partial charge in [-0.05, 0) is 114 Å². The van der Waals surface area contributed by atoms with Crippen LogP contribution in [0.3, 0.4) is 0 Å². The molecule has 0 aliphatic heterocycles. The van der Waals surface area contributed by atoms with Gasteiger partial charge in [0.2, 0.25) is 0 Å². The molecule has 3 heteroatoms. The number of para-hydroxylation sites is 1. The van der Waals surface area contributed by atoms with Gasteiger partial charge in [-0.3, -0.25) is 0 Å². The molecule has 3 nitrogen and oxygen atoms in total. The first kappa shape index (κ1) is 41.1. The Morgan fingerprint density at radius 3 is 1.72 bits per heavy atom. The Bertz CT molecular complexity index is 4000. The van der Waals surface area contributed by atoms with Crippen LogP contribution in [0.4, 0.5) is 0 Å². The fraction of sp³-hybridized carbons (Fsp3) is 0.0588. The highest BCUT2D eigenvalue weighted by Gasteiger charge is 2.44. The summed E-state index contributed by atoms with van der Waals surface area (Å²) < 4.78 is 6.94. The summed E-state index contributed by atoms with van der Waals surface area (Å²) in [5.41, 5.74) is 25.4. The molecule has 0 spiro atoms. The summed E-state index contributed by atoms with van der Waals surface area (Å²) in [6.07, 6.45) is 0. The number of aromatic nitrogens is 2. The minimum absolute atomic E-state index is 0.00741. The van der Waals surface area contributed by atoms with Crippen LogP contribution in [-0.4, -0.2) is 9.97 Å². The Morgan fingerprint density at radius 1 is 0.394 bits per heavy atom. The van der Waals surface area contributed by atoms with E-state index < -0.39 is 0 Å². The molecule has 0 radical (unpaired) electrons. The van der Waals surface area contributed by atoms with Crippen molar-refractivity contribution in [3.8, 4) is 89.5 Å². The van der Waals surface area contributed by atoms with Crippen molar-refractivity contribution in [2.24, 2.45) is 0 Å². The van der Waals surface area contributed by atoms with E-state index in [4.69, 9.17) is 14.4 Å². The van der Waals surface area contributed by atoms with E-state index in [-0.39, 0.29) is 11.3 Å². The predicted molar refractivity (Wildman–Crippen MR) is 292 cm³/mol. The number of benzene rings is 10. The molecule has 1 unspecified atom stereocenters. The molecule has 12 aromatic rings. The third-order valence-corrected chi connectivity index (χ3v) is 15.1. The SMILES string of the molecule is CC1(C)c2ccccc2-c2c3c(cc(-c4ccccc4)c21)-c1cc(-c2ccccc2)ccc1C3c1ccc2oc3c(-c4cccc(-c5nc(-c6ccccc6)cc(-c6ccccc6)n5)c4)cccc3c2c1. The number of nitrogens with zero attached hydrogens (tertiary/aromatic N) is 2. The zero-order valence-corrected chi connectivity index (χ0v) is 39.4. The lowest BCUT2D eigenvalue weighted by molar-refractivity contribution is 0.661. The fourth-order valence-corrected chi connectivity index (χ4v) is 11.9. The summed E-state index contributed by atoms with van der Waals surface area (Å²) in [6.45, 7) is 4.82. The zero-order chi connectivity index (χ0) is 47.2. The van der Waals surface area contributed by atoms with Crippen LogP contribution in [0.1, 0.15) is 47.6 Å². The van der Waals surface area contributed by atoms with Gasteiger partial charge in [0.15, 0.2) is 5.82 Å². The molecule has 2 aliphatic rings. The maximum Gasteiger partial charge on any atom is 0.160 e. The minimum Gasteiger partial charge on any atom is -0.455 e. The number of hydrogen-bond acceptors (Lipinski definition) is 3. The van der Waals surface area contributed by atoms with E-state index in [0.717, 1.165) is 61.1 Å². The zero-order valence-electron chi connectivity index (χ0n) is 39.4. The van der Waals surface area contributed by atoms with Crippen molar-refractivity contribution < 1.29 is 4.42 Å². The van der Waals surface area contributed by atoms with Crippen molar-refractivity contribution in [2.75, 3.05) is 0 Å². The topological polar surface area (TPSA) is 38.9 Å². The van der Waals surface area contributed by atoms with E-state index in [1.54, 1.807) is 0 Å². The van der Waals surface area contributed by atoms with Gasteiger partial charge in [0.05, 0.1) is 11.4 Å². The molecule has 2 aromatic heterocycles. The van der Waals surface area contributed by atoms with Crippen molar-refractivity contribution in [1.29, 1.82) is 0 Å². The second kappa shape index (κ2) is 16.1. The van der Waals surface area contributed by atoms with Crippen LogP contribution in [0.5, 0.6) is 0 Å². The van der Waals surface area contributed by atoms with Crippen molar-refractivity contribution in [1.82, 2.24) is 9.97 Å². The lowest BCUT2D eigenvalue weighted by atomic mass is 9.76. The number of furan rings is 1. The monoisotopic (exact) mass is 906 g/mol. The molecular weight excluding hydrogens is 861 g/mol. The molecule has 0 N–H and O–H groups in total. The third kappa shape index (κ3) is 6.57.